The number of nitrogens with zero attached hydrogens (tertiary/aromatic N) is 2. The van der Waals surface area contributed by atoms with Gasteiger partial charge in [0.25, 0.3) is 0 Å². The Hall–Kier alpha value is -0.100. The molecule has 0 aliphatic heterocycles. The molecule has 3 nitrogen and oxygen atoms in total. The molecule has 11 heavy (non-hydrogen) atoms. The van der Waals surface area contributed by atoms with Gasteiger partial charge in [-0.25, -0.2) is 4.68 Å². The summed E-state index contributed by atoms with van der Waals surface area (Å²) >= 11 is 2.19. The summed E-state index contributed by atoms with van der Waals surface area (Å²) < 4.78 is 2.74. The third-order valence-electron chi connectivity index (χ3n) is 2.13. The zero-order valence-corrected chi connectivity index (χ0v) is 8.15. The molecule has 1 aliphatic rings. The normalized spacial score (nSPS) is 21.3. The van der Waals surface area contributed by atoms with E-state index in [0.29, 0.717) is 0 Å². The zero-order chi connectivity index (χ0) is 7.90. The summed E-state index contributed by atoms with van der Waals surface area (Å²) in [7, 11) is 0. The molecule has 0 saturated heterocycles. The molecule has 60 valence electrons. The van der Waals surface area contributed by atoms with Gasteiger partial charge in [-0.15, -0.1) is 0 Å². The molecule has 0 amide bonds. The third kappa shape index (κ3) is 1.18. The van der Waals surface area contributed by atoms with Gasteiger partial charge >= 0.3 is 0 Å². The highest BCUT2D eigenvalue weighted by Crippen LogP contribution is 2.35. The smallest absolute Gasteiger partial charge is 0.157 e. The van der Waals surface area contributed by atoms with Crippen LogP contribution in [0.15, 0.2) is 12.4 Å². The molecular formula is C7H9IN2O. The number of aliphatic hydroxyl groups is 1. The minimum absolute atomic E-state index is 0.663. The molecule has 1 saturated carbocycles. The Labute approximate surface area is 78.5 Å². The van der Waals surface area contributed by atoms with Gasteiger partial charge < -0.3 is 5.11 Å². The van der Waals surface area contributed by atoms with Crippen molar-refractivity contribution < 1.29 is 5.11 Å². The van der Waals surface area contributed by atoms with E-state index in [-0.39, 0.29) is 0 Å². The quantitative estimate of drug-likeness (QED) is 0.777. The minimum atomic E-state index is -0.663. The van der Waals surface area contributed by atoms with Gasteiger partial charge in [0, 0.05) is 6.20 Å². The number of aromatic nitrogens is 2. The highest BCUT2D eigenvalue weighted by Gasteiger charge is 2.36. The Balaban J connectivity index is 2.28. The highest BCUT2D eigenvalue weighted by atomic mass is 127. The topological polar surface area (TPSA) is 38.0 Å². The molecule has 0 radical (unpaired) electrons. The summed E-state index contributed by atoms with van der Waals surface area (Å²) in [5, 5.41) is 13.9. The van der Waals surface area contributed by atoms with E-state index < -0.39 is 5.72 Å². The summed E-state index contributed by atoms with van der Waals surface area (Å²) in [6.45, 7) is 0. The second-order valence-electron chi connectivity index (χ2n) is 2.94. The summed E-state index contributed by atoms with van der Waals surface area (Å²) in [6, 6.07) is 0. The molecule has 0 atom stereocenters. The Morgan fingerprint density at radius 3 is 2.73 bits per heavy atom. The van der Waals surface area contributed by atoms with Crippen molar-refractivity contribution in [3.05, 3.63) is 16.0 Å². The maximum atomic E-state index is 9.79. The summed E-state index contributed by atoms with van der Waals surface area (Å²) in [5.74, 6) is 0. The lowest BCUT2D eigenvalue weighted by Crippen LogP contribution is -2.40. The van der Waals surface area contributed by atoms with Crippen LogP contribution in [0.2, 0.25) is 0 Å². The minimum Gasteiger partial charge on any atom is -0.369 e. The molecule has 0 spiro atoms. The second kappa shape index (κ2) is 2.45. The molecule has 1 aromatic heterocycles. The van der Waals surface area contributed by atoms with Crippen LogP contribution in [0.1, 0.15) is 19.3 Å². The van der Waals surface area contributed by atoms with E-state index >= 15 is 0 Å². The van der Waals surface area contributed by atoms with E-state index in [1.165, 1.54) is 0 Å². The molecule has 0 unspecified atom stereocenters. The van der Waals surface area contributed by atoms with Crippen molar-refractivity contribution in [1.82, 2.24) is 9.78 Å². The van der Waals surface area contributed by atoms with Crippen LogP contribution < -0.4 is 0 Å². The first kappa shape index (κ1) is 7.54. The van der Waals surface area contributed by atoms with Crippen molar-refractivity contribution in [3.8, 4) is 0 Å². The standard InChI is InChI=1S/C7H9IN2O/c8-6-4-9-10(5-6)7(11)2-1-3-7/h4-5,11H,1-3H2. The van der Waals surface area contributed by atoms with E-state index in [1.807, 2.05) is 6.20 Å². The maximum absolute atomic E-state index is 9.79. The molecule has 0 aromatic carbocycles. The number of rotatable bonds is 1. The Morgan fingerprint density at radius 1 is 1.64 bits per heavy atom. The SMILES string of the molecule is OC1(n2cc(I)cn2)CCC1. The number of hydrogen-bond donors (Lipinski definition) is 1. The zero-order valence-electron chi connectivity index (χ0n) is 6.00. The Kier molecular flexibility index (Phi) is 1.68. The van der Waals surface area contributed by atoms with Crippen molar-refractivity contribution in [2.75, 3.05) is 0 Å². The van der Waals surface area contributed by atoms with Crippen LogP contribution in [0.3, 0.4) is 0 Å². The van der Waals surface area contributed by atoms with Gasteiger partial charge in [-0.1, -0.05) is 0 Å². The van der Waals surface area contributed by atoms with E-state index in [1.54, 1.807) is 10.9 Å². The van der Waals surface area contributed by atoms with Crippen LogP contribution >= 0.6 is 22.6 Å². The molecule has 1 N–H and O–H groups in total. The fraction of sp³-hybridized carbons (Fsp3) is 0.571. The highest BCUT2D eigenvalue weighted by molar-refractivity contribution is 14.1. The van der Waals surface area contributed by atoms with Gasteiger partial charge in [0.15, 0.2) is 5.72 Å². The van der Waals surface area contributed by atoms with Gasteiger partial charge in [-0.05, 0) is 41.9 Å². The predicted octanol–water partition coefficient (Wildman–Crippen LogP) is 1.32. The van der Waals surface area contributed by atoms with Gasteiger partial charge in [-0.3, -0.25) is 0 Å². The van der Waals surface area contributed by atoms with Crippen LogP contribution in [0.5, 0.6) is 0 Å². The van der Waals surface area contributed by atoms with Crippen LogP contribution in [-0.2, 0) is 5.72 Å². The largest absolute Gasteiger partial charge is 0.369 e. The van der Waals surface area contributed by atoms with Gasteiger partial charge in [0.05, 0.1) is 9.77 Å². The van der Waals surface area contributed by atoms with Gasteiger partial charge in [0.2, 0.25) is 0 Å². The van der Waals surface area contributed by atoms with E-state index in [0.717, 1.165) is 22.8 Å². The summed E-state index contributed by atoms with van der Waals surface area (Å²) in [5.41, 5.74) is -0.663. The Morgan fingerprint density at radius 2 is 2.36 bits per heavy atom. The number of halogens is 1. The molecule has 0 bridgehead atoms. The van der Waals surface area contributed by atoms with Crippen LogP contribution in [0.4, 0.5) is 0 Å². The van der Waals surface area contributed by atoms with Crippen LogP contribution in [0, 0.1) is 3.57 Å². The fourth-order valence-corrected chi connectivity index (χ4v) is 1.64. The average Bonchev–Trinajstić information content (AvgIpc) is 2.31. The van der Waals surface area contributed by atoms with Crippen LogP contribution in [-0.4, -0.2) is 14.9 Å². The summed E-state index contributed by atoms with van der Waals surface area (Å²) in [6.07, 6.45) is 6.42. The molecule has 1 heterocycles. The van der Waals surface area contributed by atoms with E-state index in [2.05, 4.69) is 27.7 Å². The lowest BCUT2D eigenvalue weighted by atomic mass is 9.89. The lowest BCUT2D eigenvalue weighted by Gasteiger charge is -2.36. The van der Waals surface area contributed by atoms with Crippen LogP contribution in [0.25, 0.3) is 0 Å². The first-order valence-corrected chi connectivity index (χ1v) is 4.72. The van der Waals surface area contributed by atoms with E-state index in [9.17, 15) is 5.11 Å². The monoisotopic (exact) mass is 264 g/mol. The van der Waals surface area contributed by atoms with Crippen molar-refractivity contribution in [2.45, 2.75) is 25.0 Å². The molecule has 4 heteroatoms. The second-order valence-corrected chi connectivity index (χ2v) is 4.18. The van der Waals surface area contributed by atoms with Crippen molar-refractivity contribution >= 4 is 22.6 Å². The number of hydrogen-bond acceptors (Lipinski definition) is 2. The Bertz CT molecular complexity index is 267. The molecule has 1 fully saturated rings. The first-order chi connectivity index (χ1) is 5.21. The molecule has 1 aromatic rings. The van der Waals surface area contributed by atoms with Gasteiger partial charge in [-0.2, -0.15) is 5.10 Å². The summed E-state index contributed by atoms with van der Waals surface area (Å²) in [4.78, 5) is 0. The lowest BCUT2D eigenvalue weighted by molar-refractivity contribution is -0.116. The predicted molar refractivity (Wildman–Crippen MR) is 49.0 cm³/mol. The fourth-order valence-electron chi connectivity index (χ4n) is 1.25. The average molecular weight is 264 g/mol. The third-order valence-corrected chi connectivity index (χ3v) is 2.69. The maximum Gasteiger partial charge on any atom is 0.157 e. The molecule has 2 rings (SSSR count). The molecular weight excluding hydrogens is 255 g/mol. The van der Waals surface area contributed by atoms with E-state index in [4.69, 9.17) is 0 Å². The van der Waals surface area contributed by atoms with Crippen molar-refractivity contribution in [1.29, 1.82) is 0 Å². The van der Waals surface area contributed by atoms with Crippen molar-refractivity contribution in [3.63, 3.8) is 0 Å². The van der Waals surface area contributed by atoms with Gasteiger partial charge in [0.1, 0.15) is 0 Å². The van der Waals surface area contributed by atoms with Crippen molar-refractivity contribution in [2.24, 2.45) is 0 Å². The first-order valence-electron chi connectivity index (χ1n) is 3.64. The molecule has 1 aliphatic carbocycles.